The Morgan fingerprint density at radius 2 is 1.47 bits per heavy atom. The lowest BCUT2D eigenvalue weighted by molar-refractivity contribution is -0.160. The van der Waals surface area contributed by atoms with E-state index in [0.29, 0.717) is 17.5 Å². The van der Waals surface area contributed by atoms with Crippen molar-refractivity contribution in [3.05, 3.63) is 71.8 Å². The maximum absolute atomic E-state index is 12.4. The monoisotopic (exact) mass is 436 g/mol. The second-order valence-electron chi connectivity index (χ2n) is 8.26. The summed E-state index contributed by atoms with van der Waals surface area (Å²) in [6.07, 6.45) is -0.358. The van der Waals surface area contributed by atoms with Crippen LogP contribution in [0.3, 0.4) is 0 Å². The molecule has 0 spiro atoms. The SMILES string of the molecule is O=C(OC[C@H]1C[C@@]2(COC(=O)c3ccccc3)O[C@H]1C1C(=O)OC(=O)C12)c1ccccc1. The lowest BCUT2D eigenvalue weighted by atomic mass is 9.69. The van der Waals surface area contributed by atoms with Crippen molar-refractivity contribution in [3.63, 3.8) is 0 Å². The van der Waals surface area contributed by atoms with Gasteiger partial charge in [0.2, 0.25) is 0 Å². The molecular formula is C24H20O8. The van der Waals surface area contributed by atoms with E-state index in [1.54, 1.807) is 60.7 Å². The van der Waals surface area contributed by atoms with Gasteiger partial charge in [-0.25, -0.2) is 9.59 Å². The molecule has 3 fully saturated rings. The Kier molecular flexibility index (Phi) is 5.01. The highest BCUT2D eigenvalue weighted by Crippen LogP contribution is 2.57. The van der Waals surface area contributed by atoms with Gasteiger partial charge in [0, 0.05) is 5.92 Å². The molecule has 5 rings (SSSR count). The minimum atomic E-state index is -1.19. The Balaban J connectivity index is 1.31. The molecule has 32 heavy (non-hydrogen) atoms. The number of hydrogen-bond acceptors (Lipinski definition) is 8. The third-order valence-corrected chi connectivity index (χ3v) is 6.35. The van der Waals surface area contributed by atoms with E-state index in [0.717, 1.165) is 0 Å². The van der Waals surface area contributed by atoms with Crippen LogP contribution in [0.25, 0.3) is 0 Å². The number of benzene rings is 2. The number of esters is 4. The molecule has 0 aliphatic carbocycles. The Labute approximate surface area is 183 Å². The summed E-state index contributed by atoms with van der Waals surface area (Å²) in [6.45, 7) is -0.193. The van der Waals surface area contributed by atoms with E-state index in [4.69, 9.17) is 18.9 Å². The van der Waals surface area contributed by atoms with Crippen molar-refractivity contribution in [2.45, 2.75) is 18.1 Å². The van der Waals surface area contributed by atoms with Crippen LogP contribution >= 0.6 is 0 Å². The summed E-state index contributed by atoms with van der Waals surface area (Å²) in [5, 5.41) is 0. The molecule has 2 bridgehead atoms. The highest BCUT2D eigenvalue weighted by atomic mass is 16.6. The van der Waals surface area contributed by atoms with Gasteiger partial charge in [-0.15, -0.1) is 0 Å². The molecule has 5 atom stereocenters. The molecule has 3 aliphatic heterocycles. The second-order valence-corrected chi connectivity index (χ2v) is 8.26. The Morgan fingerprint density at radius 3 is 2.09 bits per heavy atom. The van der Waals surface area contributed by atoms with Crippen LogP contribution in [0, 0.1) is 17.8 Å². The molecule has 0 aromatic heterocycles. The molecule has 0 amide bonds. The van der Waals surface area contributed by atoms with Crippen LogP contribution < -0.4 is 0 Å². The molecule has 3 aliphatic rings. The minimum absolute atomic E-state index is 0.0114. The molecule has 0 saturated carbocycles. The van der Waals surface area contributed by atoms with Gasteiger partial charge in [0.15, 0.2) is 0 Å². The number of carbonyl (C=O) groups excluding carboxylic acids is 4. The van der Waals surface area contributed by atoms with E-state index in [-0.39, 0.29) is 19.1 Å². The normalized spacial score (nSPS) is 30.0. The van der Waals surface area contributed by atoms with Crippen molar-refractivity contribution in [2.24, 2.45) is 17.8 Å². The van der Waals surface area contributed by atoms with Crippen LogP contribution in [0.15, 0.2) is 60.7 Å². The summed E-state index contributed by atoms with van der Waals surface area (Å²) in [4.78, 5) is 49.5. The fraction of sp³-hybridized carbons (Fsp3) is 0.333. The van der Waals surface area contributed by atoms with Gasteiger partial charge in [-0.3, -0.25) is 9.59 Å². The van der Waals surface area contributed by atoms with Crippen molar-refractivity contribution in [1.82, 2.24) is 0 Å². The van der Waals surface area contributed by atoms with Gasteiger partial charge in [-0.1, -0.05) is 36.4 Å². The molecule has 3 heterocycles. The topological polar surface area (TPSA) is 105 Å². The first-order chi connectivity index (χ1) is 15.5. The van der Waals surface area contributed by atoms with Crippen LogP contribution in [-0.4, -0.2) is 48.8 Å². The van der Waals surface area contributed by atoms with Gasteiger partial charge in [-0.05, 0) is 30.7 Å². The highest BCUT2D eigenvalue weighted by molar-refractivity contribution is 5.98. The molecule has 164 valence electrons. The van der Waals surface area contributed by atoms with E-state index in [1.165, 1.54) is 0 Å². The molecule has 2 aromatic carbocycles. The summed E-state index contributed by atoms with van der Waals surface area (Å²) in [5.74, 6) is -4.34. The van der Waals surface area contributed by atoms with Gasteiger partial charge >= 0.3 is 23.9 Å². The number of rotatable bonds is 6. The van der Waals surface area contributed by atoms with Crippen molar-refractivity contribution in [3.8, 4) is 0 Å². The molecule has 3 saturated heterocycles. The maximum Gasteiger partial charge on any atom is 0.338 e. The number of ether oxygens (including phenoxy) is 4. The van der Waals surface area contributed by atoms with Crippen LogP contribution in [0.5, 0.6) is 0 Å². The van der Waals surface area contributed by atoms with Gasteiger partial charge in [-0.2, -0.15) is 0 Å². The van der Waals surface area contributed by atoms with E-state index < -0.39 is 47.4 Å². The van der Waals surface area contributed by atoms with Gasteiger partial charge in [0.1, 0.15) is 24.0 Å². The van der Waals surface area contributed by atoms with E-state index in [2.05, 4.69) is 0 Å². The van der Waals surface area contributed by atoms with Crippen molar-refractivity contribution in [2.75, 3.05) is 13.2 Å². The first-order valence-electron chi connectivity index (χ1n) is 10.4. The summed E-state index contributed by atoms with van der Waals surface area (Å²) >= 11 is 0. The van der Waals surface area contributed by atoms with Crippen molar-refractivity contribution >= 4 is 23.9 Å². The quantitative estimate of drug-likeness (QED) is 0.385. The molecule has 0 radical (unpaired) electrons. The number of fused-ring (bicyclic) bond motifs is 5. The van der Waals surface area contributed by atoms with E-state index >= 15 is 0 Å². The summed E-state index contributed by atoms with van der Waals surface area (Å²) in [7, 11) is 0. The zero-order valence-corrected chi connectivity index (χ0v) is 17.0. The largest absolute Gasteiger partial charge is 0.462 e. The zero-order chi connectivity index (χ0) is 22.3. The fourth-order valence-corrected chi connectivity index (χ4v) is 4.94. The average molecular weight is 436 g/mol. The van der Waals surface area contributed by atoms with Crippen LogP contribution in [0.4, 0.5) is 0 Å². The molecule has 8 nitrogen and oxygen atoms in total. The molecular weight excluding hydrogens is 416 g/mol. The molecule has 8 heteroatoms. The standard InChI is InChI=1S/C24H20O8/c25-20(14-7-3-1-4-8-14)29-12-16-11-24(13-30-21(26)15-9-5-2-6-10-15)18-17(19(16)32-24)22(27)31-23(18)28/h1-10,16-19H,11-13H2/t16-,17?,18?,19-,24+/m1/s1. The van der Waals surface area contributed by atoms with E-state index in [1.807, 2.05) is 0 Å². The third-order valence-electron chi connectivity index (χ3n) is 6.35. The number of cyclic esters (lactones) is 2. The minimum Gasteiger partial charge on any atom is -0.462 e. The zero-order valence-electron chi connectivity index (χ0n) is 17.0. The summed E-state index contributed by atoms with van der Waals surface area (Å²) in [6, 6.07) is 17.0. The average Bonchev–Trinajstić information content (AvgIpc) is 3.46. The van der Waals surface area contributed by atoms with Gasteiger partial charge in [0.05, 0.1) is 23.8 Å². The molecule has 2 aromatic rings. The molecule has 0 N–H and O–H groups in total. The number of hydrogen-bond donors (Lipinski definition) is 0. The van der Waals surface area contributed by atoms with E-state index in [9.17, 15) is 19.2 Å². The van der Waals surface area contributed by atoms with Crippen LogP contribution in [0.1, 0.15) is 27.1 Å². The first kappa shape index (κ1) is 20.4. The highest BCUT2D eigenvalue weighted by Gasteiger charge is 2.72. The third kappa shape index (κ3) is 3.36. The van der Waals surface area contributed by atoms with Crippen LogP contribution in [-0.2, 0) is 28.5 Å². The van der Waals surface area contributed by atoms with Gasteiger partial charge < -0.3 is 18.9 Å². The lowest BCUT2D eigenvalue weighted by Gasteiger charge is -2.31. The van der Waals surface area contributed by atoms with Crippen molar-refractivity contribution < 1.29 is 38.1 Å². The Morgan fingerprint density at radius 1 is 0.875 bits per heavy atom. The fourth-order valence-electron chi connectivity index (χ4n) is 4.94. The van der Waals surface area contributed by atoms with Crippen molar-refractivity contribution in [1.29, 1.82) is 0 Å². The summed E-state index contributed by atoms with van der Waals surface area (Å²) < 4.78 is 21.9. The predicted octanol–water partition coefficient (Wildman–Crippen LogP) is 2.17. The first-order valence-corrected chi connectivity index (χ1v) is 10.4. The van der Waals surface area contributed by atoms with Gasteiger partial charge in [0.25, 0.3) is 0 Å². The predicted molar refractivity (Wildman–Crippen MR) is 107 cm³/mol. The number of carbonyl (C=O) groups is 4. The maximum atomic E-state index is 12.4. The smallest absolute Gasteiger partial charge is 0.338 e. The molecule has 2 unspecified atom stereocenters. The Hall–Kier alpha value is -3.52. The lowest BCUT2D eigenvalue weighted by Crippen LogP contribution is -2.47. The second kappa shape index (κ2) is 7.87. The Bertz CT molecular complexity index is 1070. The van der Waals surface area contributed by atoms with Crippen LogP contribution in [0.2, 0.25) is 0 Å². The summed E-state index contributed by atoms with van der Waals surface area (Å²) in [5.41, 5.74) is -0.407.